The van der Waals surface area contributed by atoms with Crippen LogP contribution in [0.25, 0.3) is 6.08 Å². The number of benzene rings is 2. The van der Waals surface area contributed by atoms with Gasteiger partial charge in [-0.15, -0.1) is 11.6 Å². The molecule has 3 aromatic rings. The second-order valence-electron chi connectivity index (χ2n) is 9.59. The summed E-state index contributed by atoms with van der Waals surface area (Å²) in [5.41, 5.74) is 3.91. The van der Waals surface area contributed by atoms with Crippen molar-refractivity contribution in [2.24, 2.45) is 7.05 Å². The number of rotatable bonds is 10. The highest BCUT2D eigenvalue weighted by atomic mass is 35.5. The van der Waals surface area contributed by atoms with Crippen molar-refractivity contribution in [1.82, 2.24) is 4.57 Å². The number of ether oxygens (including phenoxy) is 1. The van der Waals surface area contributed by atoms with Crippen molar-refractivity contribution in [2.75, 3.05) is 28.0 Å². The third-order valence-electron chi connectivity index (χ3n) is 6.58. The van der Waals surface area contributed by atoms with Crippen LogP contribution in [0.5, 0.6) is 0 Å². The molecule has 1 unspecified atom stereocenters. The summed E-state index contributed by atoms with van der Waals surface area (Å²) in [6.07, 6.45) is 5.41. The van der Waals surface area contributed by atoms with Gasteiger partial charge in [0.1, 0.15) is 6.61 Å². The second-order valence-corrected chi connectivity index (χ2v) is 9.90. The lowest BCUT2D eigenvalue weighted by atomic mass is 10.0. The van der Waals surface area contributed by atoms with Crippen LogP contribution in [0.2, 0.25) is 0 Å². The number of carbonyl (C=O) groups excluding carboxylic acids is 3. The van der Waals surface area contributed by atoms with E-state index in [2.05, 4.69) is 10.6 Å². The average molecular weight is 580 g/mol. The number of carbonyl (C=O) groups is 3. The molecule has 0 radical (unpaired) electrons. The molecule has 3 amide bonds. The molecular weight excluding hydrogens is 550 g/mol. The van der Waals surface area contributed by atoms with Gasteiger partial charge in [0.25, 0.3) is 11.6 Å². The van der Waals surface area contributed by atoms with Crippen LogP contribution in [0.4, 0.5) is 27.5 Å². The van der Waals surface area contributed by atoms with E-state index in [1.807, 2.05) is 24.6 Å². The summed E-state index contributed by atoms with van der Waals surface area (Å²) < 4.78 is 7.06. The van der Waals surface area contributed by atoms with Gasteiger partial charge in [-0.2, -0.15) is 0 Å². The lowest BCUT2D eigenvalue weighted by molar-refractivity contribution is -0.384. The Morgan fingerprint density at radius 3 is 2.56 bits per heavy atom. The average Bonchev–Trinajstić information content (AvgIpc) is 3.49. The first kappa shape index (κ1) is 29.3. The number of fused-ring (bicyclic) bond motifs is 1. The van der Waals surface area contributed by atoms with E-state index in [4.69, 9.17) is 16.3 Å². The molecule has 1 aliphatic heterocycles. The largest absolute Gasteiger partial charge is 0.444 e. The SMILES string of the molecule is CCCC(=O)Nc1cc(/C=C/C(=O)N2CC(CCl)c3ccc(NC(=O)OCc4ccc([N+](=O)[O-])cc4)cc32)n(C)c1. The Balaban J connectivity index is 1.42. The van der Waals surface area contributed by atoms with Gasteiger partial charge in [0.05, 0.1) is 10.6 Å². The van der Waals surface area contributed by atoms with Crippen molar-refractivity contribution in [3.05, 3.63) is 87.7 Å². The van der Waals surface area contributed by atoms with E-state index in [-0.39, 0.29) is 30.0 Å². The highest BCUT2D eigenvalue weighted by Crippen LogP contribution is 2.39. The number of aryl methyl sites for hydroxylation is 1. The molecule has 12 heteroatoms. The standard InChI is InChI=1S/C29H30ClN5O6/c1-3-4-27(36)31-22-13-24(33(2)17-22)10-12-28(37)34-16-20(15-30)25-11-7-21(14-26(25)34)32-29(38)41-18-19-5-8-23(9-6-19)35(39)40/h5-14,17,20H,3-4,15-16,18H2,1-2H3,(H,31,36)(H,32,38)/b12-10+. The Kier molecular flexibility index (Phi) is 9.41. The molecule has 2 N–H and O–H groups in total. The zero-order valence-corrected chi connectivity index (χ0v) is 23.4. The Bertz CT molecular complexity index is 1480. The highest BCUT2D eigenvalue weighted by molar-refractivity contribution is 6.18. The quantitative estimate of drug-likeness (QED) is 0.135. The van der Waals surface area contributed by atoms with Crippen LogP contribution < -0.4 is 15.5 Å². The summed E-state index contributed by atoms with van der Waals surface area (Å²) in [4.78, 5) is 49.5. The summed E-state index contributed by atoms with van der Waals surface area (Å²) in [5.74, 6) is -0.0642. The van der Waals surface area contributed by atoms with Crippen LogP contribution in [0.1, 0.15) is 42.5 Å². The fourth-order valence-electron chi connectivity index (χ4n) is 4.49. The fourth-order valence-corrected chi connectivity index (χ4v) is 4.75. The first-order valence-electron chi connectivity index (χ1n) is 13.0. The van der Waals surface area contributed by atoms with E-state index in [1.54, 1.807) is 35.4 Å². The summed E-state index contributed by atoms with van der Waals surface area (Å²) >= 11 is 6.20. The number of non-ortho nitro benzene ring substituents is 1. The van der Waals surface area contributed by atoms with Gasteiger partial charge >= 0.3 is 6.09 Å². The van der Waals surface area contributed by atoms with Gasteiger partial charge in [-0.05, 0) is 54.0 Å². The Morgan fingerprint density at radius 2 is 1.88 bits per heavy atom. The molecule has 1 aromatic heterocycles. The van der Waals surface area contributed by atoms with Gasteiger partial charge in [0, 0.05) is 73.3 Å². The van der Waals surface area contributed by atoms with E-state index in [0.29, 0.717) is 41.5 Å². The van der Waals surface area contributed by atoms with E-state index in [0.717, 1.165) is 17.7 Å². The molecule has 0 fully saturated rings. The Labute approximate surface area is 241 Å². The van der Waals surface area contributed by atoms with E-state index < -0.39 is 11.0 Å². The third kappa shape index (κ3) is 7.31. The van der Waals surface area contributed by atoms with E-state index in [9.17, 15) is 24.5 Å². The van der Waals surface area contributed by atoms with Crippen molar-refractivity contribution < 1.29 is 24.0 Å². The second kappa shape index (κ2) is 13.1. The summed E-state index contributed by atoms with van der Waals surface area (Å²) in [5, 5.41) is 16.3. The number of nitrogens with one attached hydrogen (secondary N) is 2. The summed E-state index contributed by atoms with van der Waals surface area (Å²) in [7, 11) is 1.83. The van der Waals surface area contributed by atoms with E-state index >= 15 is 0 Å². The molecule has 41 heavy (non-hydrogen) atoms. The van der Waals surface area contributed by atoms with Gasteiger partial charge in [-0.1, -0.05) is 13.0 Å². The molecular formula is C29H30ClN5O6. The molecule has 2 heterocycles. The number of hydrogen-bond donors (Lipinski definition) is 2. The predicted octanol–water partition coefficient (Wildman–Crippen LogP) is 5.80. The maximum atomic E-state index is 13.2. The van der Waals surface area contributed by atoms with E-state index in [1.165, 1.54) is 30.3 Å². The smallest absolute Gasteiger partial charge is 0.411 e. The number of alkyl halides is 1. The van der Waals surface area contributed by atoms with Crippen molar-refractivity contribution in [3.8, 4) is 0 Å². The summed E-state index contributed by atoms with van der Waals surface area (Å²) in [6.45, 7) is 2.26. The van der Waals surface area contributed by atoms with Crippen LogP contribution in [-0.4, -0.2) is 39.8 Å². The predicted molar refractivity (Wildman–Crippen MR) is 157 cm³/mol. The number of hydrogen-bond acceptors (Lipinski definition) is 6. The highest BCUT2D eigenvalue weighted by Gasteiger charge is 2.31. The van der Waals surface area contributed by atoms with Crippen LogP contribution >= 0.6 is 11.6 Å². The minimum absolute atomic E-state index is 0.0511. The van der Waals surface area contributed by atoms with Crippen molar-refractivity contribution in [2.45, 2.75) is 32.3 Å². The normalized spacial score (nSPS) is 14.1. The van der Waals surface area contributed by atoms with Crippen molar-refractivity contribution in [1.29, 1.82) is 0 Å². The molecule has 0 saturated carbocycles. The minimum Gasteiger partial charge on any atom is -0.444 e. The van der Waals surface area contributed by atoms with Crippen molar-refractivity contribution >= 4 is 58.3 Å². The number of amides is 3. The Morgan fingerprint density at radius 1 is 1.12 bits per heavy atom. The Hall–Kier alpha value is -4.64. The monoisotopic (exact) mass is 579 g/mol. The molecule has 2 aromatic carbocycles. The fraction of sp³-hybridized carbons (Fsp3) is 0.276. The number of anilines is 3. The lowest BCUT2D eigenvalue weighted by Crippen LogP contribution is -2.28. The molecule has 214 valence electrons. The van der Waals surface area contributed by atoms with Gasteiger partial charge in [-0.25, -0.2) is 4.79 Å². The van der Waals surface area contributed by atoms with Gasteiger partial charge in [0.2, 0.25) is 5.91 Å². The maximum Gasteiger partial charge on any atom is 0.411 e. The molecule has 4 rings (SSSR count). The third-order valence-corrected chi connectivity index (χ3v) is 6.95. The van der Waals surface area contributed by atoms with Crippen molar-refractivity contribution in [3.63, 3.8) is 0 Å². The summed E-state index contributed by atoms with van der Waals surface area (Å²) in [6, 6.07) is 12.7. The van der Waals surface area contributed by atoms with Crippen LogP contribution in [0, 0.1) is 10.1 Å². The lowest BCUT2D eigenvalue weighted by Gasteiger charge is -2.16. The zero-order chi connectivity index (χ0) is 29.5. The van der Waals surface area contributed by atoms with Gasteiger partial charge < -0.3 is 19.5 Å². The molecule has 1 atom stereocenters. The molecule has 11 nitrogen and oxygen atoms in total. The first-order valence-corrected chi connectivity index (χ1v) is 13.5. The maximum absolute atomic E-state index is 13.2. The minimum atomic E-state index is -0.710. The first-order chi connectivity index (χ1) is 19.7. The number of nitrogens with zero attached hydrogens (tertiary/aromatic N) is 3. The number of nitro groups is 1. The van der Waals surface area contributed by atoms with Crippen LogP contribution in [-0.2, 0) is 28.0 Å². The number of aromatic nitrogens is 1. The molecule has 0 spiro atoms. The number of nitro benzene ring substituents is 1. The zero-order valence-electron chi connectivity index (χ0n) is 22.6. The van der Waals surface area contributed by atoms with Crippen LogP contribution in [0.3, 0.4) is 0 Å². The van der Waals surface area contributed by atoms with Crippen LogP contribution in [0.15, 0.2) is 60.8 Å². The molecule has 0 saturated heterocycles. The van der Waals surface area contributed by atoms with Gasteiger partial charge in [-0.3, -0.25) is 25.0 Å². The molecule has 1 aliphatic rings. The molecule has 0 aliphatic carbocycles. The topological polar surface area (TPSA) is 136 Å². The van der Waals surface area contributed by atoms with Gasteiger partial charge in [0.15, 0.2) is 0 Å². The molecule has 0 bridgehead atoms. The number of halogens is 1.